The highest BCUT2D eigenvalue weighted by atomic mass is 32.2. The van der Waals surface area contributed by atoms with Gasteiger partial charge >= 0.3 is 0 Å². The molecule has 1 heterocycles. The molecule has 1 N–H and O–H groups in total. The lowest BCUT2D eigenvalue weighted by molar-refractivity contribution is -0.130. The van der Waals surface area contributed by atoms with Gasteiger partial charge in [0.15, 0.2) is 18.2 Å². The Morgan fingerprint density at radius 1 is 1.29 bits per heavy atom. The number of nitrogens with one attached hydrogen (secondary N) is 1. The van der Waals surface area contributed by atoms with Crippen molar-refractivity contribution in [1.82, 2.24) is 9.88 Å². The number of likely N-dealkylation sites (N-methyl/N-ethyl adjacent to an activating group) is 1. The first-order valence-corrected chi connectivity index (χ1v) is 8.34. The van der Waals surface area contributed by atoms with Crippen molar-refractivity contribution >= 4 is 21.7 Å². The molecule has 0 saturated carbocycles. The van der Waals surface area contributed by atoms with E-state index in [1.54, 1.807) is 26.2 Å². The summed E-state index contributed by atoms with van der Waals surface area (Å²) in [6.45, 7) is -0.345. The Morgan fingerprint density at radius 2 is 2.04 bits per heavy atom. The predicted octanol–water partition coefficient (Wildman–Crippen LogP) is 1.49. The van der Waals surface area contributed by atoms with Crippen LogP contribution < -0.4 is 9.46 Å². The standard InChI is InChI=1S/C15H16FN3O4S/c1-19(2)15(20)10-23-13-7-6-11(9-12(13)16)24(21,22)18-14-5-3-4-8-17-14/h3-9H,10H2,1-2H3,(H,17,18). The lowest BCUT2D eigenvalue weighted by atomic mass is 10.3. The van der Waals surface area contributed by atoms with Crippen LogP contribution in [0.4, 0.5) is 10.2 Å². The number of aromatic nitrogens is 1. The fourth-order valence-corrected chi connectivity index (χ4v) is 2.67. The molecule has 2 aromatic rings. The molecule has 9 heteroatoms. The molecule has 0 saturated heterocycles. The van der Waals surface area contributed by atoms with Crippen LogP contribution in [-0.2, 0) is 14.8 Å². The van der Waals surface area contributed by atoms with E-state index in [0.717, 1.165) is 12.1 Å². The smallest absolute Gasteiger partial charge is 0.263 e. The number of nitrogens with zero attached hydrogens (tertiary/aromatic N) is 2. The monoisotopic (exact) mass is 353 g/mol. The molecule has 128 valence electrons. The van der Waals surface area contributed by atoms with Crippen molar-refractivity contribution in [1.29, 1.82) is 0 Å². The van der Waals surface area contributed by atoms with Crippen LogP contribution in [0.5, 0.6) is 5.75 Å². The minimum Gasteiger partial charge on any atom is -0.481 e. The van der Waals surface area contributed by atoms with Gasteiger partial charge in [-0.1, -0.05) is 6.07 Å². The van der Waals surface area contributed by atoms with Gasteiger partial charge in [0, 0.05) is 20.3 Å². The summed E-state index contributed by atoms with van der Waals surface area (Å²) in [5.41, 5.74) is 0. The van der Waals surface area contributed by atoms with E-state index < -0.39 is 15.8 Å². The van der Waals surface area contributed by atoms with E-state index in [-0.39, 0.29) is 29.0 Å². The number of hydrogen-bond donors (Lipinski definition) is 1. The van der Waals surface area contributed by atoms with Crippen LogP contribution in [-0.4, -0.2) is 44.9 Å². The third kappa shape index (κ3) is 4.42. The van der Waals surface area contributed by atoms with E-state index in [9.17, 15) is 17.6 Å². The molecule has 0 fully saturated rings. The molecule has 1 aromatic heterocycles. The number of hydrogen-bond acceptors (Lipinski definition) is 5. The zero-order valence-electron chi connectivity index (χ0n) is 13.1. The van der Waals surface area contributed by atoms with Gasteiger partial charge in [-0.25, -0.2) is 17.8 Å². The molecule has 1 amide bonds. The number of sulfonamides is 1. The fourth-order valence-electron chi connectivity index (χ4n) is 1.65. The molecule has 0 aliphatic rings. The summed E-state index contributed by atoms with van der Waals surface area (Å²) in [5, 5.41) is 0. The second kappa shape index (κ2) is 7.26. The van der Waals surface area contributed by atoms with Crippen LogP contribution in [0, 0.1) is 5.82 Å². The maximum absolute atomic E-state index is 14.0. The number of halogens is 1. The maximum Gasteiger partial charge on any atom is 0.263 e. The topological polar surface area (TPSA) is 88.6 Å². The van der Waals surface area contributed by atoms with Gasteiger partial charge in [-0.05, 0) is 30.3 Å². The number of carbonyl (C=O) groups excluding carboxylic acids is 1. The van der Waals surface area contributed by atoms with Gasteiger partial charge < -0.3 is 9.64 Å². The number of benzene rings is 1. The molecule has 0 bridgehead atoms. The number of ether oxygens (including phenoxy) is 1. The van der Waals surface area contributed by atoms with Gasteiger partial charge in [-0.15, -0.1) is 0 Å². The van der Waals surface area contributed by atoms with Crippen molar-refractivity contribution in [3.05, 3.63) is 48.4 Å². The lowest BCUT2D eigenvalue weighted by Crippen LogP contribution is -2.27. The Labute approximate surface area is 139 Å². The Balaban J connectivity index is 2.15. The molecule has 7 nitrogen and oxygen atoms in total. The van der Waals surface area contributed by atoms with Crippen molar-refractivity contribution in [2.24, 2.45) is 0 Å². The van der Waals surface area contributed by atoms with Crippen molar-refractivity contribution in [3.63, 3.8) is 0 Å². The molecule has 0 aliphatic heterocycles. The molecule has 2 rings (SSSR count). The highest BCUT2D eigenvalue weighted by Crippen LogP contribution is 2.22. The second-order valence-electron chi connectivity index (χ2n) is 4.99. The summed E-state index contributed by atoms with van der Waals surface area (Å²) in [6.07, 6.45) is 1.43. The normalized spacial score (nSPS) is 11.0. The minimum atomic E-state index is -3.98. The minimum absolute atomic E-state index is 0.120. The van der Waals surface area contributed by atoms with Gasteiger partial charge in [0.05, 0.1) is 4.90 Å². The average molecular weight is 353 g/mol. The van der Waals surface area contributed by atoms with E-state index in [1.807, 2.05) is 0 Å². The first kappa shape index (κ1) is 17.7. The Hall–Kier alpha value is -2.68. The fraction of sp³-hybridized carbons (Fsp3) is 0.200. The molecule has 0 unspecified atom stereocenters. The zero-order chi connectivity index (χ0) is 17.7. The molecular formula is C15H16FN3O4S. The van der Waals surface area contributed by atoms with Crippen molar-refractivity contribution in [2.45, 2.75) is 4.90 Å². The number of anilines is 1. The van der Waals surface area contributed by atoms with Crippen LogP contribution in [0.2, 0.25) is 0 Å². The first-order chi connectivity index (χ1) is 11.3. The van der Waals surface area contributed by atoms with Crippen LogP contribution in [0.25, 0.3) is 0 Å². The number of carbonyl (C=O) groups is 1. The molecule has 0 atom stereocenters. The third-order valence-corrected chi connectivity index (χ3v) is 4.32. The first-order valence-electron chi connectivity index (χ1n) is 6.86. The van der Waals surface area contributed by atoms with Gasteiger partial charge in [0.2, 0.25) is 0 Å². The van der Waals surface area contributed by atoms with Crippen LogP contribution in [0.15, 0.2) is 47.5 Å². The summed E-state index contributed by atoms with van der Waals surface area (Å²) in [4.78, 5) is 16.3. The lowest BCUT2D eigenvalue weighted by Gasteiger charge is -2.12. The van der Waals surface area contributed by atoms with Crippen LogP contribution >= 0.6 is 0 Å². The molecule has 24 heavy (non-hydrogen) atoms. The summed E-state index contributed by atoms with van der Waals surface area (Å²) >= 11 is 0. The van der Waals surface area contributed by atoms with Gasteiger partial charge in [-0.2, -0.15) is 0 Å². The third-order valence-electron chi connectivity index (χ3n) is 2.97. The predicted molar refractivity (Wildman–Crippen MR) is 85.6 cm³/mol. The Bertz CT molecular complexity index is 826. The van der Waals surface area contributed by atoms with Crippen molar-refractivity contribution < 1.29 is 22.3 Å². The highest BCUT2D eigenvalue weighted by Gasteiger charge is 2.18. The number of rotatable bonds is 6. The Kier molecular flexibility index (Phi) is 5.35. The molecule has 0 aliphatic carbocycles. The number of amides is 1. The highest BCUT2D eigenvalue weighted by molar-refractivity contribution is 7.92. The van der Waals surface area contributed by atoms with Crippen LogP contribution in [0.3, 0.4) is 0 Å². The summed E-state index contributed by atoms with van der Waals surface area (Å²) in [7, 11) is -0.895. The van der Waals surface area contributed by atoms with Crippen molar-refractivity contribution in [2.75, 3.05) is 25.4 Å². The molecular weight excluding hydrogens is 337 g/mol. The maximum atomic E-state index is 14.0. The van der Waals surface area contributed by atoms with E-state index in [1.165, 1.54) is 23.2 Å². The zero-order valence-corrected chi connectivity index (χ0v) is 13.9. The van der Waals surface area contributed by atoms with E-state index >= 15 is 0 Å². The summed E-state index contributed by atoms with van der Waals surface area (Å²) in [5.74, 6) is -1.31. The SMILES string of the molecule is CN(C)C(=O)COc1ccc(S(=O)(=O)Nc2ccccn2)cc1F. The largest absolute Gasteiger partial charge is 0.481 e. The van der Waals surface area contributed by atoms with Gasteiger partial charge in [0.1, 0.15) is 5.82 Å². The molecule has 0 radical (unpaired) electrons. The van der Waals surface area contributed by atoms with Crippen LogP contribution in [0.1, 0.15) is 0 Å². The van der Waals surface area contributed by atoms with Gasteiger partial charge in [-0.3, -0.25) is 9.52 Å². The second-order valence-corrected chi connectivity index (χ2v) is 6.67. The average Bonchev–Trinajstić information content (AvgIpc) is 2.53. The molecule has 0 spiro atoms. The number of pyridine rings is 1. The van der Waals surface area contributed by atoms with E-state index in [2.05, 4.69) is 9.71 Å². The quantitative estimate of drug-likeness (QED) is 0.850. The Morgan fingerprint density at radius 3 is 2.62 bits per heavy atom. The summed E-state index contributed by atoms with van der Waals surface area (Å²) < 4.78 is 45.7. The summed E-state index contributed by atoms with van der Waals surface area (Å²) in [6, 6.07) is 7.89. The van der Waals surface area contributed by atoms with Crippen molar-refractivity contribution in [3.8, 4) is 5.75 Å². The molecule has 1 aromatic carbocycles. The van der Waals surface area contributed by atoms with E-state index in [0.29, 0.717) is 0 Å². The van der Waals surface area contributed by atoms with Gasteiger partial charge in [0.25, 0.3) is 15.9 Å². The van der Waals surface area contributed by atoms with E-state index in [4.69, 9.17) is 4.74 Å².